The summed E-state index contributed by atoms with van der Waals surface area (Å²) in [6, 6.07) is 2.65. The molecule has 21 heavy (non-hydrogen) atoms. The van der Waals surface area contributed by atoms with Crippen LogP contribution in [0.15, 0.2) is 21.6 Å². The molecule has 2 aliphatic heterocycles. The molecule has 1 N–H and O–H groups in total. The number of piperidine rings is 1. The highest BCUT2D eigenvalue weighted by atomic mass is 32.2. The minimum atomic E-state index is -3.75. The highest BCUT2D eigenvalue weighted by Crippen LogP contribution is 2.26. The molecular formula is C13H18N2O5S. The van der Waals surface area contributed by atoms with Crippen LogP contribution in [0.3, 0.4) is 0 Å². The van der Waals surface area contributed by atoms with Gasteiger partial charge in [0.1, 0.15) is 0 Å². The van der Waals surface area contributed by atoms with E-state index in [0.717, 1.165) is 25.9 Å². The Morgan fingerprint density at radius 3 is 2.76 bits per heavy atom. The van der Waals surface area contributed by atoms with E-state index in [1.807, 2.05) is 0 Å². The van der Waals surface area contributed by atoms with Crippen molar-refractivity contribution in [3.8, 4) is 0 Å². The Balaban J connectivity index is 1.79. The number of carboxylic acid groups (broad SMARTS) is 1. The molecule has 0 aromatic carbocycles. The monoisotopic (exact) mass is 314 g/mol. The molecule has 1 aromatic heterocycles. The van der Waals surface area contributed by atoms with Crippen LogP contribution >= 0.6 is 0 Å². The lowest BCUT2D eigenvalue weighted by Gasteiger charge is -2.43. The van der Waals surface area contributed by atoms with Crippen molar-refractivity contribution in [1.29, 1.82) is 0 Å². The molecule has 7 nitrogen and oxygen atoms in total. The zero-order chi connectivity index (χ0) is 15.0. The summed E-state index contributed by atoms with van der Waals surface area (Å²) in [6.45, 7) is 2.62. The third-order valence-electron chi connectivity index (χ3n) is 4.19. The van der Waals surface area contributed by atoms with Gasteiger partial charge in [-0.25, -0.2) is 13.2 Å². The number of furan rings is 1. The Morgan fingerprint density at radius 2 is 2.05 bits per heavy atom. The van der Waals surface area contributed by atoms with E-state index < -0.39 is 16.0 Å². The molecule has 2 saturated heterocycles. The summed E-state index contributed by atoms with van der Waals surface area (Å²) in [5.74, 6) is -1.63. The fourth-order valence-electron chi connectivity index (χ4n) is 3.05. The molecule has 0 aliphatic carbocycles. The van der Waals surface area contributed by atoms with Gasteiger partial charge in [0.2, 0.25) is 10.9 Å². The average Bonchev–Trinajstić information content (AvgIpc) is 2.97. The number of piperazine rings is 1. The van der Waals surface area contributed by atoms with Gasteiger partial charge in [0.25, 0.3) is 10.0 Å². The third kappa shape index (κ3) is 2.70. The van der Waals surface area contributed by atoms with Crippen molar-refractivity contribution in [3.05, 3.63) is 17.9 Å². The maximum atomic E-state index is 12.5. The van der Waals surface area contributed by atoms with Crippen LogP contribution in [0.2, 0.25) is 0 Å². The molecular weight excluding hydrogens is 296 g/mol. The number of rotatable bonds is 3. The number of hydrogen-bond acceptors (Lipinski definition) is 5. The van der Waals surface area contributed by atoms with E-state index >= 15 is 0 Å². The van der Waals surface area contributed by atoms with Crippen molar-refractivity contribution < 1.29 is 22.7 Å². The number of carbonyl (C=O) groups is 1. The molecule has 0 spiro atoms. The van der Waals surface area contributed by atoms with E-state index in [1.165, 1.54) is 22.9 Å². The summed E-state index contributed by atoms with van der Waals surface area (Å²) in [7, 11) is -3.75. The van der Waals surface area contributed by atoms with Crippen LogP contribution < -0.4 is 0 Å². The zero-order valence-electron chi connectivity index (χ0n) is 11.6. The molecule has 116 valence electrons. The first-order valence-electron chi connectivity index (χ1n) is 7.06. The first kappa shape index (κ1) is 14.6. The highest BCUT2D eigenvalue weighted by Gasteiger charge is 2.36. The summed E-state index contributed by atoms with van der Waals surface area (Å²) in [6.07, 6.45) is 3.30. The van der Waals surface area contributed by atoms with E-state index in [0.29, 0.717) is 13.1 Å². The lowest BCUT2D eigenvalue weighted by atomic mass is 10.0. The molecule has 0 radical (unpaired) electrons. The first-order valence-corrected chi connectivity index (χ1v) is 8.50. The molecule has 0 bridgehead atoms. The van der Waals surface area contributed by atoms with Gasteiger partial charge < -0.3 is 9.52 Å². The van der Waals surface area contributed by atoms with E-state index in [9.17, 15) is 13.2 Å². The molecule has 0 saturated carbocycles. The Hall–Kier alpha value is -1.38. The fourth-order valence-corrected chi connectivity index (χ4v) is 4.43. The second kappa shape index (κ2) is 5.43. The molecule has 1 atom stereocenters. The van der Waals surface area contributed by atoms with Crippen molar-refractivity contribution in [2.24, 2.45) is 0 Å². The van der Waals surface area contributed by atoms with Gasteiger partial charge in [-0.3, -0.25) is 4.90 Å². The minimum absolute atomic E-state index is 0.260. The smallest absolute Gasteiger partial charge is 0.371 e. The molecule has 3 heterocycles. The normalized spacial score (nSPS) is 24.7. The second-order valence-corrected chi connectivity index (χ2v) is 7.34. The second-order valence-electron chi connectivity index (χ2n) is 5.47. The quantitative estimate of drug-likeness (QED) is 0.889. The first-order chi connectivity index (χ1) is 9.98. The van der Waals surface area contributed by atoms with E-state index in [1.54, 1.807) is 0 Å². The molecule has 3 rings (SSSR count). The topological polar surface area (TPSA) is 91.1 Å². The van der Waals surface area contributed by atoms with Gasteiger partial charge in [-0.05, 0) is 31.5 Å². The lowest BCUT2D eigenvalue weighted by molar-refractivity contribution is 0.0654. The van der Waals surface area contributed by atoms with Crippen molar-refractivity contribution >= 4 is 16.0 Å². The fraction of sp³-hybridized carbons (Fsp3) is 0.615. The number of carboxylic acids is 1. The number of aromatic carboxylic acids is 1. The average molecular weight is 314 g/mol. The predicted molar refractivity (Wildman–Crippen MR) is 73.6 cm³/mol. The number of hydrogen-bond donors (Lipinski definition) is 1. The van der Waals surface area contributed by atoms with Crippen LogP contribution in [0.1, 0.15) is 29.8 Å². The van der Waals surface area contributed by atoms with Crippen molar-refractivity contribution in [1.82, 2.24) is 9.21 Å². The van der Waals surface area contributed by atoms with Crippen LogP contribution in [0.25, 0.3) is 0 Å². The Morgan fingerprint density at radius 1 is 1.24 bits per heavy atom. The van der Waals surface area contributed by atoms with Crippen LogP contribution in [0, 0.1) is 0 Å². The van der Waals surface area contributed by atoms with Gasteiger partial charge in [-0.15, -0.1) is 0 Å². The molecule has 1 unspecified atom stereocenters. The standard InChI is InChI=1S/C13H18N2O5S/c16-13(17)11-4-5-12(20-11)21(18,19)15-8-7-14-6-2-1-3-10(14)9-15/h4-5,10H,1-3,6-9H2,(H,16,17). The summed E-state index contributed by atoms with van der Waals surface area (Å²) < 4.78 is 31.4. The third-order valence-corrected chi connectivity index (χ3v) is 5.93. The molecule has 0 amide bonds. The van der Waals surface area contributed by atoms with Crippen LogP contribution in [-0.2, 0) is 10.0 Å². The highest BCUT2D eigenvalue weighted by molar-refractivity contribution is 7.89. The van der Waals surface area contributed by atoms with Gasteiger partial charge in [0.15, 0.2) is 0 Å². The largest absolute Gasteiger partial charge is 0.475 e. The Labute approximate surface area is 123 Å². The van der Waals surface area contributed by atoms with Gasteiger partial charge in [0.05, 0.1) is 0 Å². The number of nitrogens with zero attached hydrogens (tertiary/aromatic N) is 2. The summed E-state index contributed by atoms with van der Waals surface area (Å²) in [4.78, 5) is 13.1. The van der Waals surface area contributed by atoms with E-state index in [4.69, 9.17) is 9.52 Å². The molecule has 8 heteroatoms. The van der Waals surface area contributed by atoms with Crippen LogP contribution in [-0.4, -0.2) is 60.9 Å². The van der Waals surface area contributed by atoms with Crippen molar-refractivity contribution in [2.75, 3.05) is 26.2 Å². The number of fused-ring (bicyclic) bond motifs is 1. The van der Waals surface area contributed by atoms with E-state index in [-0.39, 0.29) is 16.9 Å². The van der Waals surface area contributed by atoms with Gasteiger partial charge in [-0.1, -0.05) is 6.42 Å². The molecule has 2 fully saturated rings. The maximum absolute atomic E-state index is 12.5. The zero-order valence-corrected chi connectivity index (χ0v) is 12.4. The lowest BCUT2D eigenvalue weighted by Crippen LogP contribution is -2.56. The Kier molecular flexibility index (Phi) is 3.76. The van der Waals surface area contributed by atoms with Gasteiger partial charge in [-0.2, -0.15) is 4.31 Å². The van der Waals surface area contributed by atoms with E-state index in [2.05, 4.69) is 4.90 Å². The Bertz CT molecular complexity index is 639. The summed E-state index contributed by atoms with van der Waals surface area (Å²) >= 11 is 0. The molecule has 1 aromatic rings. The van der Waals surface area contributed by atoms with Crippen LogP contribution in [0.5, 0.6) is 0 Å². The summed E-state index contributed by atoms with van der Waals surface area (Å²) in [5.41, 5.74) is 0. The van der Waals surface area contributed by atoms with Crippen molar-refractivity contribution in [2.45, 2.75) is 30.4 Å². The maximum Gasteiger partial charge on any atom is 0.371 e. The van der Waals surface area contributed by atoms with Crippen molar-refractivity contribution in [3.63, 3.8) is 0 Å². The van der Waals surface area contributed by atoms with Gasteiger partial charge >= 0.3 is 5.97 Å². The summed E-state index contributed by atoms with van der Waals surface area (Å²) in [5, 5.41) is 8.53. The minimum Gasteiger partial charge on any atom is -0.475 e. The predicted octanol–water partition coefficient (Wildman–Crippen LogP) is 0.837. The molecule has 2 aliphatic rings. The van der Waals surface area contributed by atoms with Crippen LogP contribution in [0.4, 0.5) is 0 Å². The van der Waals surface area contributed by atoms with Gasteiger partial charge in [0, 0.05) is 25.7 Å². The number of sulfonamides is 1. The SMILES string of the molecule is O=C(O)c1ccc(S(=O)(=O)N2CCN3CCCCC3C2)o1.